The minimum atomic E-state index is -5.01. The molecule has 2 N–H and O–H groups in total. The maximum atomic E-state index is 12.3. The largest absolute Gasteiger partial charge is 0.707 e. The van der Waals surface area contributed by atoms with Crippen LogP contribution in [0.15, 0.2) is 18.2 Å². The maximum Gasteiger partial charge on any atom is 0.707 e. The van der Waals surface area contributed by atoms with Crippen LogP contribution in [0.2, 0.25) is 0 Å². The number of unbranched alkanes of at least 4 members (excludes halogenated alkanes) is 6. The van der Waals surface area contributed by atoms with Gasteiger partial charge in [-0.3, -0.25) is 0 Å². The van der Waals surface area contributed by atoms with Gasteiger partial charge in [-0.15, -0.1) is 0 Å². The Balaban J connectivity index is 0. The molecule has 0 fully saturated rings. The Kier molecular flexibility index (Phi) is 27.1. The van der Waals surface area contributed by atoms with Crippen molar-refractivity contribution in [2.45, 2.75) is 131 Å². The Hall–Kier alpha value is -1.50. The van der Waals surface area contributed by atoms with Gasteiger partial charge in [-0.05, 0) is 96.0 Å². The second-order valence-electron chi connectivity index (χ2n) is 11.0. The van der Waals surface area contributed by atoms with Crippen molar-refractivity contribution < 1.29 is 41.0 Å². The highest BCUT2D eigenvalue weighted by molar-refractivity contribution is 6.33. The maximum absolute atomic E-state index is 12.3. The van der Waals surface area contributed by atoms with E-state index in [0.29, 0.717) is 0 Å². The predicted octanol–water partition coefficient (Wildman–Crippen LogP) is 9.45. The Morgan fingerprint density at radius 2 is 0.773 bits per heavy atom. The van der Waals surface area contributed by atoms with Crippen molar-refractivity contribution in [2.24, 2.45) is 0 Å². The average Bonchev–Trinajstić information content (AvgIpc) is 2.95. The third-order valence-corrected chi connectivity index (χ3v) is 6.77. The molecule has 44 heavy (non-hydrogen) atoms. The molecule has 1 aromatic carbocycles. The molecule has 0 bridgehead atoms. The molecule has 0 amide bonds. The van der Waals surface area contributed by atoms with Crippen molar-refractivity contribution in [1.29, 1.82) is 0 Å². The quantitative estimate of drug-likeness (QED) is 0.109. The molecule has 0 heterocycles. The van der Waals surface area contributed by atoms with E-state index >= 15 is 0 Å². The lowest BCUT2D eigenvalue weighted by atomic mass is 10.1. The van der Waals surface area contributed by atoms with E-state index in [1.54, 1.807) is 0 Å². The van der Waals surface area contributed by atoms with Crippen molar-refractivity contribution in [3.63, 3.8) is 0 Å². The molecule has 1 rings (SSSR count). The Morgan fingerprint density at radius 3 is 0.955 bits per heavy atom. The molecule has 0 aliphatic carbocycles. The van der Waals surface area contributed by atoms with Gasteiger partial charge in [-0.1, -0.05) is 80.1 Å². The predicted molar refractivity (Wildman–Crippen MR) is 170 cm³/mol. The van der Waals surface area contributed by atoms with Crippen molar-refractivity contribution in [1.82, 2.24) is 9.80 Å². The molecule has 0 aliphatic heterocycles. The van der Waals surface area contributed by atoms with Crippen molar-refractivity contribution in [3.05, 3.63) is 29.3 Å². The molecule has 0 atom stereocenters. The van der Waals surface area contributed by atoms with Gasteiger partial charge in [0.25, 0.3) is 0 Å². The molecule has 0 aliphatic rings. The van der Waals surface area contributed by atoms with Gasteiger partial charge in [-0.25, -0.2) is 0 Å². The second kappa shape index (κ2) is 26.7. The van der Waals surface area contributed by atoms with Gasteiger partial charge in [-0.2, -0.15) is 26.3 Å². The molecule has 0 unspecified atom stereocenters. The van der Waals surface area contributed by atoms with Gasteiger partial charge >= 0.3 is 19.7 Å². The van der Waals surface area contributed by atoms with Crippen LogP contribution in [0.25, 0.3) is 0 Å². The number of alkyl halides is 6. The third-order valence-electron chi connectivity index (χ3n) is 6.77. The normalized spacial score (nSPS) is 11.6. The average molecular weight is 645 g/mol. The Labute approximate surface area is 263 Å². The summed E-state index contributed by atoms with van der Waals surface area (Å²) < 4.78 is 78.0. The standard InChI is InChI=1S/2C12H27N.C8H5BF6O3/c2*1-4-7-10-13(11-8-5-2)12-9-6-3;10-7(11,12)4-1-5(8(13,14)15)3-6(2-4)18-9(16)17/h2*4-12H2,1-3H3;1-3,16-17H. The van der Waals surface area contributed by atoms with Crippen LogP contribution in [0.4, 0.5) is 26.3 Å². The molecule has 260 valence electrons. The number of rotatable bonds is 20. The fourth-order valence-corrected chi connectivity index (χ4v) is 4.08. The second-order valence-corrected chi connectivity index (χ2v) is 11.0. The molecular formula is C32H59BF6N2O3. The van der Waals surface area contributed by atoms with E-state index in [1.807, 2.05) is 0 Å². The molecule has 0 aromatic heterocycles. The molecule has 5 nitrogen and oxygen atoms in total. The number of halogens is 6. The fourth-order valence-electron chi connectivity index (χ4n) is 4.08. The Bertz CT molecular complexity index is 704. The molecule has 0 saturated heterocycles. The Morgan fingerprint density at radius 1 is 0.523 bits per heavy atom. The van der Waals surface area contributed by atoms with E-state index in [0.717, 1.165) is 0 Å². The first-order chi connectivity index (χ1) is 20.7. The highest BCUT2D eigenvalue weighted by atomic mass is 19.4. The minimum absolute atomic E-state index is 0.101. The zero-order chi connectivity index (χ0) is 34.0. The summed E-state index contributed by atoms with van der Waals surface area (Å²) in [6.45, 7) is 21.5. The zero-order valence-corrected chi connectivity index (χ0v) is 28.0. The molecule has 0 radical (unpaired) electrons. The van der Waals surface area contributed by atoms with Crippen LogP contribution in [0, 0.1) is 0 Å². The van der Waals surface area contributed by atoms with Gasteiger partial charge in [0, 0.05) is 0 Å². The van der Waals surface area contributed by atoms with Crippen LogP contribution >= 0.6 is 0 Å². The van der Waals surface area contributed by atoms with Crippen LogP contribution in [0.1, 0.15) is 130 Å². The monoisotopic (exact) mass is 644 g/mol. The van der Waals surface area contributed by atoms with E-state index in [-0.39, 0.29) is 18.2 Å². The van der Waals surface area contributed by atoms with E-state index in [9.17, 15) is 26.3 Å². The lowest BCUT2D eigenvalue weighted by Gasteiger charge is -2.21. The summed E-state index contributed by atoms with van der Waals surface area (Å²) in [7, 11) is -2.52. The summed E-state index contributed by atoms with van der Waals surface area (Å²) in [6.07, 6.45) is 6.15. The smallest absolute Gasteiger partial charge is 0.512 e. The summed E-state index contributed by atoms with van der Waals surface area (Å²) in [4.78, 5) is 5.27. The summed E-state index contributed by atoms with van der Waals surface area (Å²) in [5, 5.41) is 16.7. The molecule has 0 spiro atoms. The van der Waals surface area contributed by atoms with Gasteiger partial charge in [0.15, 0.2) is 0 Å². The SMILES string of the molecule is CCCCN(CCCC)CCCC.CCCCN(CCCC)CCCC.OB(O)Oc1cc(C(F)(F)F)cc(C(F)(F)F)c1. The van der Waals surface area contributed by atoms with Crippen molar-refractivity contribution >= 4 is 7.32 Å². The topological polar surface area (TPSA) is 56.2 Å². The van der Waals surface area contributed by atoms with Gasteiger partial charge < -0.3 is 24.5 Å². The first-order valence-corrected chi connectivity index (χ1v) is 16.5. The van der Waals surface area contributed by atoms with Crippen LogP contribution in [0.3, 0.4) is 0 Å². The summed E-state index contributed by atoms with van der Waals surface area (Å²) >= 11 is 0. The van der Waals surface area contributed by atoms with Crippen LogP contribution < -0.4 is 4.65 Å². The van der Waals surface area contributed by atoms with Crippen molar-refractivity contribution in [3.8, 4) is 5.75 Å². The van der Waals surface area contributed by atoms with Gasteiger partial charge in [0.05, 0.1) is 11.1 Å². The summed E-state index contributed by atoms with van der Waals surface area (Å²) in [5.74, 6) is -0.952. The van der Waals surface area contributed by atoms with E-state index in [4.69, 9.17) is 10.0 Å². The number of hydrogen-bond donors (Lipinski definition) is 2. The van der Waals surface area contributed by atoms with Gasteiger partial charge in [0.1, 0.15) is 5.75 Å². The molecule has 12 heteroatoms. The minimum Gasteiger partial charge on any atom is -0.512 e. The third kappa shape index (κ3) is 24.8. The van der Waals surface area contributed by atoms with Crippen LogP contribution in [-0.2, 0) is 12.4 Å². The number of hydrogen-bond acceptors (Lipinski definition) is 5. The highest BCUT2D eigenvalue weighted by Gasteiger charge is 2.37. The molecule has 0 saturated carbocycles. The summed E-state index contributed by atoms with van der Waals surface area (Å²) in [6, 6.07) is 0.361. The lowest BCUT2D eigenvalue weighted by Crippen LogP contribution is -2.27. The first kappa shape index (κ1) is 44.6. The highest BCUT2D eigenvalue weighted by Crippen LogP contribution is 2.38. The van der Waals surface area contributed by atoms with E-state index in [1.165, 1.54) is 116 Å². The molecular weight excluding hydrogens is 585 g/mol. The van der Waals surface area contributed by atoms with Crippen LogP contribution in [0.5, 0.6) is 5.75 Å². The van der Waals surface area contributed by atoms with Crippen molar-refractivity contribution in [2.75, 3.05) is 39.3 Å². The van der Waals surface area contributed by atoms with Crippen LogP contribution in [-0.4, -0.2) is 66.4 Å². The lowest BCUT2D eigenvalue weighted by molar-refractivity contribution is -0.143. The zero-order valence-electron chi connectivity index (χ0n) is 28.0. The summed E-state index contributed by atoms with van der Waals surface area (Å²) in [5.41, 5.74) is -3.21. The fraction of sp³-hybridized carbons (Fsp3) is 0.812. The van der Waals surface area contributed by atoms with E-state index in [2.05, 4.69) is 56.0 Å². The van der Waals surface area contributed by atoms with Gasteiger partial charge in [0.2, 0.25) is 0 Å². The number of nitrogens with zero attached hydrogens (tertiary/aromatic N) is 2. The van der Waals surface area contributed by atoms with E-state index < -0.39 is 36.6 Å². The molecule has 1 aromatic rings. The first-order valence-electron chi connectivity index (χ1n) is 16.5. The number of benzene rings is 1.